The van der Waals surface area contributed by atoms with E-state index in [9.17, 15) is 4.79 Å². The molecule has 0 amide bonds. The minimum Gasteiger partial charge on any atom is -0.481 e. The Morgan fingerprint density at radius 2 is 2.08 bits per heavy atom. The summed E-state index contributed by atoms with van der Waals surface area (Å²) >= 11 is 0. The van der Waals surface area contributed by atoms with Gasteiger partial charge in [0.2, 0.25) is 0 Å². The van der Waals surface area contributed by atoms with Crippen molar-refractivity contribution in [3.05, 3.63) is 0 Å². The van der Waals surface area contributed by atoms with Crippen molar-refractivity contribution in [1.82, 2.24) is 0 Å². The van der Waals surface area contributed by atoms with Crippen LogP contribution in [-0.2, 0) is 4.79 Å². The van der Waals surface area contributed by atoms with E-state index in [2.05, 4.69) is 6.92 Å². The van der Waals surface area contributed by atoms with Gasteiger partial charge < -0.3 is 10.8 Å². The summed E-state index contributed by atoms with van der Waals surface area (Å²) in [6.07, 6.45) is 2.60. The van der Waals surface area contributed by atoms with Gasteiger partial charge in [0.1, 0.15) is 0 Å². The molecule has 0 aliphatic carbocycles. The summed E-state index contributed by atoms with van der Waals surface area (Å²) < 4.78 is 0. The molecule has 3 heteroatoms. The predicted octanol–water partition coefficient (Wildman–Crippen LogP) is 1.47. The lowest BCUT2D eigenvalue weighted by molar-refractivity contribution is -0.143. The number of hydrogen-bond acceptors (Lipinski definition) is 2. The van der Waals surface area contributed by atoms with Crippen LogP contribution in [0.2, 0.25) is 0 Å². The first-order valence-corrected chi connectivity index (χ1v) is 4.56. The van der Waals surface area contributed by atoms with E-state index in [0.29, 0.717) is 13.0 Å². The van der Waals surface area contributed by atoms with Crippen molar-refractivity contribution in [3.8, 4) is 0 Å². The summed E-state index contributed by atoms with van der Waals surface area (Å²) in [6.45, 7) is 4.51. The molecule has 3 nitrogen and oxygen atoms in total. The summed E-state index contributed by atoms with van der Waals surface area (Å²) in [4.78, 5) is 10.8. The molecule has 3 N–H and O–H groups in total. The Morgan fingerprint density at radius 3 is 2.42 bits per heavy atom. The Kier molecular flexibility index (Phi) is 5.72. The smallest absolute Gasteiger partial charge is 0.306 e. The topological polar surface area (TPSA) is 63.3 Å². The van der Waals surface area contributed by atoms with Gasteiger partial charge in [0.05, 0.1) is 5.92 Å². The predicted molar refractivity (Wildman–Crippen MR) is 48.9 cm³/mol. The van der Waals surface area contributed by atoms with Crippen molar-refractivity contribution in [3.63, 3.8) is 0 Å². The normalized spacial score (nSPS) is 15.6. The Hall–Kier alpha value is -0.570. The monoisotopic (exact) mass is 173 g/mol. The first kappa shape index (κ1) is 11.4. The molecule has 2 atom stereocenters. The summed E-state index contributed by atoms with van der Waals surface area (Å²) in [6, 6.07) is 0. The molecule has 0 aromatic heterocycles. The van der Waals surface area contributed by atoms with E-state index in [1.807, 2.05) is 6.92 Å². The average Bonchev–Trinajstić information content (AvgIpc) is 1.99. The average molecular weight is 173 g/mol. The quantitative estimate of drug-likeness (QED) is 0.639. The standard InChI is InChI=1S/C9H19NO2/c1-3-4-7(2)8(5-6-10)9(11)12/h7-8H,3-6,10H2,1-2H3,(H,11,12). The Morgan fingerprint density at radius 1 is 1.50 bits per heavy atom. The lowest BCUT2D eigenvalue weighted by Crippen LogP contribution is -2.24. The van der Waals surface area contributed by atoms with E-state index in [4.69, 9.17) is 10.8 Å². The molecule has 0 aliphatic heterocycles. The van der Waals surface area contributed by atoms with Gasteiger partial charge in [-0.2, -0.15) is 0 Å². The highest BCUT2D eigenvalue weighted by Gasteiger charge is 2.22. The minimum atomic E-state index is -0.707. The van der Waals surface area contributed by atoms with Crippen LogP contribution in [0.3, 0.4) is 0 Å². The Labute approximate surface area is 74.0 Å². The number of rotatable bonds is 6. The lowest BCUT2D eigenvalue weighted by Gasteiger charge is -2.18. The highest BCUT2D eigenvalue weighted by molar-refractivity contribution is 5.70. The number of carboxylic acids is 1. The lowest BCUT2D eigenvalue weighted by atomic mass is 9.88. The molecule has 12 heavy (non-hydrogen) atoms. The van der Waals surface area contributed by atoms with Crippen LogP contribution in [-0.4, -0.2) is 17.6 Å². The first-order valence-electron chi connectivity index (χ1n) is 4.56. The van der Waals surface area contributed by atoms with Crippen LogP contribution in [0, 0.1) is 11.8 Å². The van der Waals surface area contributed by atoms with E-state index in [0.717, 1.165) is 12.8 Å². The maximum atomic E-state index is 10.8. The van der Waals surface area contributed by atoms with Gasteiger partial charge in [-0.3, -0.25) is 4.79 Å². The van der Waals surface area contributed by atoms with Crippen molar-refractivity contribution >= 4 is 5.97 Å². The zero-order chi connectivity index (χ0) is 9.56. The fourth-order valence-electron chi connectivity index (χ4n) is 1.49. The van der Waals surface area contributed by atoms with Crippen molar-refractivity contribution < 1.29 is 9.90 Å². The molecule has 0 saturated carbocycles. The van der Waals surface area contributed by atoms with Gasteiger partial charge in [0.25, 0.3) is 0 Å². The molecule has 0 saturated heterocycles. The summed E-state index contributed by atoms with van der Waals surface area (Å²) in [5.41, 5.74) is 5.34. The fraction of sp³-hybridized carbons (Fsp3) is 0.889. The highest BCUT2D eigenvalue weighted by Crippen LogP contribution is 2.20. The van der Waals surface area contributed by atoms with Gasteiger partial charge in [-0.1, -0.05) is 26.7 Å². The second-order valence-corrected chi connectivity index (χ2v) is 3.29. The molecule has 0 aliphatic rings. The first-order chi connectivity index (χ1) is 5.63. The molecule has 72 valence electrons. The summed E-state index contributed by atoms with van der Waals surface area (Å²) in [5, 5.41) is 8.85. The third-order valence-electron chi connectivity index (χ3n) is 2.23. The van der Waals surface area contributed by atoms with Gasteiger partial charge in [-0.05, 0) is 18.9 Å². The maximum absolute atomic E-state index is 10.8. The number of carbonyl (C=O) groups is 1. The second-order valence-electron chi connectivity index (χ2n) is 3.29. The summed E-state index contributed by atoms with van der Waals surface area (Å²) in [7, 11) is 0. The summed E-state index contributed by atoms with van der Waals surface area (Å²) in [5.74, 6) is -0.715. The van der Waals surface area contributed by atoms with Gasteiger partial charge in [-0.25, -0.2) is 0 Å². The van der Waals surface area contributed by atoms with Crippen LogP contribution in [0.15, 0.2) is 0 Å². The molecule has 0 fully saturated rings. The largest absolute Gasteiger partial charge is 0.481 e. The molecule has 0 bridgehead atoms. The molecule has 0 aromatic carbocycles. The third-order valence-corrected chi connectivity index (χ3v) is 2.23. The van der Waals surface area contributed by atoms with Crippen LogP contribution in [0.1, 0.15) is 33.1 Å². The van der Waals surface area contributed by atoms with Crippen LogP contribution < -0.4 is 5.73 Å². The molecule has 0 spiro atoms. The third kappa shape index (κ3) is 3.72. The van der Waals surface area contributed by atoms with Crippen molar-refractivity contribution in [2.75, 3.05) is 6.54 Å². The van der Waals surface area contributed by atoms with E-state index >= 15 is 0 Å². The van der Waals surface area contributed by atoms with Crippen LogP contribution in [0.4, 0.5) is 0 Å². The van der Waals surface area contributed by atoms with Gasteiger partial charge in [0, 0.05) is 0 Å². The van der Waals surface area contributed by atoms with E-state index < -0.39 is 5.97 Å². The van der Waals surface area contributed by atoms with E-state index in [1.54, 1.807) is 0 Å². The molecule has 2 unspecified atom stereocenters. The van der Waals surface area contributed by atoms with Crippen LogP contribution >= 0.6 is 0 Å². The molecule has 0 radical (unpaired) electrons. The molecular weight excluding hydrogens is 154 g/mol. The SMILES string of the molecule is CCCC(C)C(CCN)C(=O)O. The van der Waals surface area contributed by atoms with E-state index in [-0.39, 0.29) is 11.8 Å². The minimum absolute atomic E-state index is 0.246. The van der Waals surface area contributed by atoms with Crippen molar-refractivity contribution in [1.29, 1.82) is 0 Å². The fourth-order valence-corrected chi connectivity index (χ4v) is 1.49. The number of carboxylic acid groups (broad SMARTS) is 1. The Bertz CT molecular complexity index is 136. The second kappa shape index (κ2) is 6.00. The zero-order valence-electron chi connectivity index (χ0n) is 7.92. The van der Waals surface area contributed by atoms with Crippen LogP contribution in [0.5, 0.6) is 0 Å². The molecular formula is C9H19NO2. The molecule has 0 aromatic rings. The van der Waals surface area contributed by atoms with Crippen LogP contribution in [0.25, 0.3) is 0 Å². The number of nitrogens with two attached hydrogens (primary N) is 1. The highest BCUT2D eigenvalue weighted by atomic mass is 16.4. The zero-order valence-corrected chi connectivity index (χ0v) is 7.92. The van der Waals surface area contributed by atoms with Gasteiger partial charge in [-0.15, -0.1) is 0 Å². The van der Waals surface area contributed by atoms with E-state index in [1.165, 1.54) is 0 Å². The van der Waals surface area contributed by atoms with Crippen molar-refractivity contribution in [2.45, 2.75) is 33.1 Å². The number of aliphatic carboxylic acids is 1. The number of hydrogen-bond donors (Lipinski definition) is 2. The molecule has 0 rings (SSSR count). The Balaban J connectivity index is 3.99. The van der Waals surface area contributed by atoms with Gasteiger partial charge >= 0.3 is 5.97 Å². The maximum Gasteiger partial charge on any atom is 0.306 e. The molecule has 0 heterocycles. The van der Waals surface area contributed by atoms with Gasteiger partial charge in [0.15, 0.2) is 0 Å². The van der Waals surface area contributed by atoms with Crippen molar-refractivity contribution in [2.24, 2.45) is 17.6 Å².